The van der Waals surface area contributed by atoms with Crippen molar-refractivity contribution in [3.63, 3.8) is 0 Å². The molecular formula is C12H19NOS2. The van der Waals surface area contributed by atoms with Gasteiger partial charge in [0.25, 0.3) is 0 Å². The van der Waals surface area contributed by atoms with Crippen LogP contribution in [-0.2, 0) is 17.2 Å². The summed E-state index contributed by atoms with van der Waals surface area (Å²) in [5.74, 6) is 1.76. The van der Waals surface area contributed by atoms with Crippen molar-refractivity contribution in [3.8, 4) is 0 Å². The van der Waals surface area contributed by atoms with Gasteiger partial charge in [-0.2, -0.15) is 0 Å². The summed E-state index contributed by atoms with van der Waals surface area (Å²) in [7, 11) is -0.545. The van der Waals surface area contributed by atoms with E-state index in [0.29, 0.717) is 12.1 Å². The monoisotopic (exact) mass is 257 g/mol. The fourth-order valence-corrected chi connectivity index (χ4v) is 4.29. The maximum absolute atomic E-state index is 11.2. The van der Waals surface area contributed by atoms with Gasteiger partial charge >= 0.3 is 0 Å². The molecule has 1 fully saturated rings. The largest absolute Gasteiger partial charge is 0.311 e. The van der Waals surface area contributed by atoms with Crippen molar-refractivity contribution in [3.05, 3.63) is 22.4 Å². The van der Waals surface area contributed by atoms with E-state index < -0.39 is 10.8 Å². The predicted octanol–water partition coefficient (Wildman–Crippen LogP) is 2.18. The molecule has 1 atom stereocenters. The molecule has 2 nitrogen and oxygen atoms in total. The van der Waals surface area contributed by atoms with Gasteiger partial charge < -0.3 is 5.32 Å². The zero-order valence-corrected chi connectivity index (χ0v) is 11.3. The van der Waals surface area contributed by atoms with Gasteiger partial charge in [-0.15, -0.1) is 11.3 Å². The highest BCUT2D eigenvalue weighted by Crippen LogP contribution is 2.14. The van der Waals surface area contributed by atoms with Crippen LogP contribution in [0.5, 0.6) is 0 Å². The first-order valence-corrected chi connectivity index (χ1v) is 8.24. The first-order chi connectivity index (χ1) is 7.74. The summed E-state index contributed by atoms with van der Waals surface area (Å²) in [5.41, 5.74) is 0. The summed E-state index contributed by atoms with van der Waals surface area (Å²) >= 11 is 1.83. The van der Waals surface area contributed by atoms with E-state index in [1.807, 2.05) is 11.3 Å². The van der Waals surface area contributed by atoms with Gasteiger partial charge in [-0.1, -0.05) is 6.07 Å². The lowest BCUT2D eigenvalue weighted by atomic mass is 10.1. The molecule has 0 radical (unpaired) electrons. The third-order valence-corrected chi connectivity index (χ3v) is 5.28. The summed E-state index contributed by atoms with van der Waals surface area (Å²) in [6.07, 6.45) is 3.25. The van der Waals surface area contributed by atoms with Crippen molar-refractivity contribution in [1.82, 2.24) is 5.32 Å². The van der Waals surface area contributed by atoms with E-state index in [9.17, 15) is 4.21 Å². The minimum absolute atomic E-state index is 0.523. The molecule has 4 heteroatoms. The SMILES string of the molecule is CC(Cc1cccs1)NC1CCS(=O)CC1. The highest BCUT2D eigenvalue weighted by Gasteiger charge is 2.19. The molecule has 1 saturated heterocycles. The van der Waals surface area contributed by atoms with Crippen molar-refractivity contribution >= 4 is 22.1 Å². The number of nitrogens with one attached hydrogen (secondary N) is 1. The van der Waals surface area contributed by atoms with Gasteiger partial charge in [-0.25, -0.2) is 0 Å². The average Bonchev–Trinajstić information content (AvgIpc) is 2.74. The van der Waals surface area contributed by atoms with Crippen molar-refractivity contribution < 1.29 is 4.21 Å². The molecule has 2 heterocycles. The molecule has 1 aliphatic rings. The fraction of sp³-hybridized carbons (Fsp3) is 0.667. The van der Waals surface area contributed by atoms with Crippen LogP contribution in [0, 0.1) is 0 Å². The van der Waals surface area contributed by atoms with Crippen LogP contribution in [0.3, 0.4) is 0 Å². The number of hydrogen-bond donors (Lipinski definition) is 1. The van der Waals surface area contributed by atoms with Gasteiger partial charge in [0.2, 0.25) is 0 Å². The van der Waals surface area contributed by atoms with E-state index in [2.05, 4.69) is 29.8 Å². The van der Waals surface area contributed by atoms with Crippen molar-refractivity contribution in [2.75, 3.05) is 11.5 Å². The number of rotatable bonds is 4. The van der Waals surface area contributed by atoms with Crippen LogP contribution < -0.4 is 5.32 Å². The molecule has 0 aromatic carbocycles. The zero-order valence-electron chi connectivity index (χ0n) is 9.65. The van der Waals surface area contributed by atoms with Gasteiger partial charge in [0.15, 0.2) is 0 Å². The van der Waals surface area contributed by atoms with Crippen LogP contribution >= 0.6 is 11.3 Å². The Hall–Kier alpha value is -0.190. The van der Waals surface area contributed by atoms with Gasteiger partial charge in [0.1, 0.15) is 0 Å². The minimum Gasteiger partial charge on any atom is -0.311 e. The summed E-state index contributed by atoms with van der Waals surface area (Å²) < 4.78 is 11.2. The van der Waals surface area contributed by atoms with Crippen LogP contribution in [0.1, 0.15) is 24.6 Å². The Morgan fingerprint density at radius 3 is 2.94 bits per heavy atom. The lowest BCUT2D eigenvalue weighted by molar-refractivity contribution is 0.418. The third kappa shape index (κ3) is 3.68. The fourth-order valence-electron chi connectivity index (χ4n) is 2.15. The van der Waals surface area contributed by atoms with Gasteiger partial charge in [-0.3, -0.25) is 4.21 Å². The number of thiophene rings is 1. The third-order valence-electron chi connectivity index (χ3n) is 3.00. The van der Waals surface area contributed by atoms with Crippen LogP contribution in [0.4, 0.5) is 0 Å². The summed E-state index contributed by atoms with van der Waals surface area (Å²) in [6, 6.07) is 5.40. The molecular weight excluding hydrogens is 238 g/mol. The predicted molar refractivity (Wildman–Crippen MR) is 71.5 cm³/mol. The van der Waals surface area contributed by atoms with Gasteiger partial charge in [0.05, 0.1) is 0 Å². The Morgan fingerprint density at radius 1 is 1.56 bits per heavy atom. The lowest BCUT2D eigenvalue weighted by Crippen LogP contribution is -2.41. The molecule has 0 amide bonds. The van der Waals surface area contributed by atoms with Crippen LogP contribution in [-0.4, -0.2) is 27.8 Å². The maximum atomic E-state index is 11.2. The standard InChI is InChI=1S/C12H19NOS2/c1-10(9-12-3-2-6-15-12)13-11-4-7-16(14)8-5-11/h2-3,6,10-11,13H,4-5,7-9H2,1H3. The summed E-state index contributed by atoms with van der Waals surface area (Å²) in [5, 5.41) is 5.78. The Morgan fingerprint density at radius 2 is 2.31 bits per heavy atom. The smallest absolute Gasteiger partial charge is 0.0249 e. The van der Waals surface area contributed by atoms with E-state index in [4.69, 9.17) is 0 Å². The van der Waals surface area contributed by atoms with Crippen LogP contribution in [0.2, 0.25) is 0 Å². The Labute approximate surface area is 104 Å². The second kappa shape index (κ2) is 5.94. The molecule has 0 aliphatic carbocycles. The summed E-state index contributed by atoms with van der Waals surface area (Å²) in [6.45, 7) is 2.24. The van der Waals surface area contributed by atoms with Gasteiger partial charge in [-0.05, 0) is 37.6 Å². The first kappa shape index (κ1) is 12.3. The Balaban J connectivity index is 1.74. The maximum Gasteiger partial charge on any atom is 0.0249 e. The molecule has 1 unspecified atom stereocenters. The Kier molecular flexibility index (Phi) is 4.55. The second-order valence-electron chi connectivity index (χ2n) is 4.47. The molecule has 1 aromatic heterocycles. The molecule has 1 aliphatic heterocycles. The molecule has 0 bridgehead atoms. The normalized spacial score (nSPS) is 27.8. The first-order valence-electron chi connectivity index (χ1n) is 5.87. The second-order valence-corrected chi connectivity index (χ2v) is 7.20. The molecule has 1 aromatic rings. The molecule has 16 heavy (non-hydrogen) atoms. The van der Waals surface area contributed by atoms with E-state index in [1.165, 1.54) is 4.88 Å². The molecule has 1 N–H and O–H groups in total. The van der Waals surface area contributed by atoms with Gasteiger partial charge in [0, 0.05) is 39.3 Å². The average molecular weight is 257 g/mol. The summed E-state index contributed by atoms with van der Waals surface area (Å²) in [4.78, 5) is 1.44. The lowest BCUT2D eigenvalue weighted by Gasteiger charge is -2.26. The quantitative estimate of drug-likeness (QED) is 0.896. The van der Waals surface area contributed by atoms with E-state index in [1.54, 1.807) is 0 Å². The van der Waals surface area contributed by atoms with Crippen LogP contribution in [0.15, 0.2) is 17.5 Å². The van der Waals surface area contributed by atoms with E-state index in [0.717, 1.165) is 30.8 Å². The van der Waals surface area contributed by atoms with E-state index in [-0.39, 0.29) is 0 Å². The van der Waals surface area contributed by atoms with Crippen LogP contribution in [0.25, 0.3) is 0 Å². The highest BCUT2D eigenvalue weighted by atomic mass is 32.2. The minimum atomic E-state index is -0.545. The van der Waals surface area contributed by atoms with Crippen molar-refractivity contribution in [1.29, 1.82) is 0 Å². The topological polar surface area (TPSA) is 29.1 Å². The van der Waals surface area contributed by atoms with Crippen molar-refractivity contribution in [2.45, 2.75) is 38.3 Å². The number of hydrogen-bond acceptors (Lipinski definition) is 3. The Bertz CT molecular complexity index is 327. The zero-order chi connectivity index (χ0) is 11.4. The molecule has 90 valence electrons. The van der Waals surface area contributed by atoms with Crippen molar-refractivity contribution in [2.24, 2.45) is 0 Å². The molecule has 2 rings (SSSR count). The molecule has 0 saturated carbocycles. The van der Waals surface area contributed by atoms with E-state index >= 15 is 0 Å². The highest BCUT2D eigenvalue weighted by molar-refractivity contribution is 7.85. The molecule has 0 spiro atoms.